The lowest BCUT2D eigenvalue weighted by molar-refractivity contribution is 0.0847. The summed E-state index contributed by atoms with van der Waals surface area (Å²) in [6.07, 6.45) is -0.317. The maximum absolute atomic E-state index is 14.5. The van der Waals surface area contributed by atoms with Crippen LogP contribution in [0.5, 0.6) is 11.5 Å². The van der Waals surface area contributed by atoms with Crippen molar-refractivity contribution in [3.05, 3.63) is 88.0 Å². The first-order chi connectivity index (χ1) is 14.4. The van der Waals surface area contributed by atoms with Crippen LogP contribution in [-0.2, 0) is 6.61 Å². The maximum atomic E-state index is 14.5. The van der Waals surface area contributed by atoms with E-state index in [4.69, 9.17) is 14.7 Å². The normalized spacial score (nSPS) is 15.1. The van der Waals surface area contributed by atoms with Gasteiger partial charge >= 0.3 is 0 Å². The van der Waals surface area contributed by atoms with Crippen molar-refractivity contribution < 1.29 is 18.7 Å². The average Bonchev–Trinajstić information content (AvgIpc) is 2.72. The smallest absolute Gasteiger partial charge is 0.170 e. The summed E-state index contributed by atoms with van der Waals surface area (Å²) in [5, 5.41) is 8.87. The molecule has 1 aromatic heterocycles. The van der Waals surface area contributed by atoms with Gasteiger partial charge in [-0.2, -0.15) is 5.26 Å². The fourth-order valence-electron chi connectivity index (χ4n) is 3.51. The standard InChI is InChI=1S/C24H19FN2O3/c1-14-7-18(8-15(2)27-14)22-10-21(28)19-9-20(25)24(11-23(19)30-22)29-13-17-5-3-16(12-26)4-6-17/h3-9,11,22H,10,13H2,1-2H3. The molecule has 0 fully saturated rings. The third-order valence-corrected chi connectivity index (χ3v) is 4.93. The SMILES string of the molecule is Cc1cc(C2CC(=O)c3cc(F)c(OCc4ccc(C#N)cc4)cc3O2)cc(C)n1. The number of aryl methyl sites for hydroxylation is 2. The maximum Gasteiger partial charge on any atom is 0.170 e. The molecule has 2 heterocycles. The molecule has 0 saturated heterocycles. The number of rotatable bonds is 4. The molecule has 150 valence electrons. The van der Waals surface area contributed by atoms with E-state index in [1.807, 2.05) is 32.0 Å². The van der Waals surface area contributed by atoms with E-state index in [2.05, 4.69) is 4.98 Å². The molecular formula is C24H19FN2O3. The fraction of sp³-hybridized carbons (Fsp3) is 0.208. The number of halogens is 1. The minimum atomic E-state index is -0.617. The van der Waals surface area contributed by atoms with E-state index in [0.29, 0.717) is 11.3 Å². The zero-order valence-corrected chi connectivity index (χ0v) is 16.6. The van der Waals surface area contributed by atoms with Crippen LogP contribution in [0, 0.1) is 31.0 Å². The van der Waals surface area contributed by atoms with Crippen molar-refractivity contribution in [1.29, 1.82) is 5.26 Å². The van der Waals surface area contributed by atoms with E-state index in [1.54, 1.807) is 24.3 Å². The quantitative estimate of drug-likeness (QED) is 0.614. The average molecular weight is 402 g/mol. The summed E-state index contributed by atoms with van der Waals surface area (Å²) in [4.78, 5) is 17.0. The van der Waals surface area contributed by atoms with Crippen LogP contribution in [-0.4, -0.2) is 10.8 Å². The second-order valence-corrected chi connectivity index (χ2v) is 7.29. The minimum absolute atomic E-state index is 0.00801. The van der Waals surface area contributed by atoms with Gasteiger partial charge in [-0.05, 0) is 55.3 Å². The zero-order chi connectivity index (χ0) is 21.3. The monoisotopic (exact) mass is 402 g/mol. The largest absolute Gasteiger partial charge is 0.486 e. The minimum Gasteiger partial charge on any atom is -0.486 e. The zero-order valence-electron chi connectivity index (χ0n) is 16.6. The number of Topliss-reactive ketones (excluding diaryl/α,β-unsaturated/α-hetero) is 1. The van der Waals surface area contributed by atoms with E-state index in [1.165, 1.54) is 12.1 Å². The highest BCUT2D eigenvalue weighted by molar-refractivity contribution is 6.00. The summed E-state index contributed by atoms with van der Waals surface area (Å²) in [6, 6.07) is 15.3. The highest BCUT2D eigenvalue weighted by Gasteiger charge is 2.30. The van der Waals surface area contributed by atoms with Gasteiger partial charge in [0.15, 0.2) is 17.3 Å². The van der Waals surface area contributed by atoms with Gasteiger partial charge in [0.2, 0.25) is 0 Å². The molecule has 0 amide bonds. The van der Waals surface area contributed by atoms with Gasteiger partial charge in [-0.25, -0.2) is 4.39 Å². The van der Waals surface area contributed by atoms with Crippen molar-refractivity contribution >= 4 is 5.78 Å². The molecule has 1 atom stereocenters. The Hall–Kier alpha value is -3.72. The van der Waals surface area contributed by atoms with Crippen LogP contribution < -0.4 is 9.47 Å². The Morgan fingerprint density at radius 1 is 1.17 bits per heavy atom. The van der Waals surface area contributed by atoms with Crippen molar-refractivity contribution in [2.24, 2.45) is 0 Å². The number of nitriles is 1. The number of ketones is 1. The van der Waals surface area contributed by atoms with Gasteiger partial charge in [0.1, 0.15) is 18.5 Å². The molecule has 6 heteroatoms. The first kappa shape index (κ1) is 19.6. The third-order valence-electron chi connectivity index (χ3n) is 4.93. The number of carbonyl (C=O) groups excluding carboxylic acids is 1. The van der Waals surface area contributed by atoms with Crippen LogP contribution in [0.15, 0.2) is 48.5 Å². The van der Waals surface area contributed by atoms with Crippen LogP contribution in [0.4, 0.5) is 4.39 Å². The lowest BCUT2D eigenvalue weighted by Crippen LogP contribution is -2.21. The molecule has 0 aliphatic carbocycles. The van der Waals surface area contributed by atoms with Crippen molar-refractivity contribution in [3.63, 3.8) is 0 Å². The number of nitrogens with zero attached hydrogens (tertiary/aromatic N) is 2. The van der Waals surface area contributed by atoms with Gasteiger partial charge in [0, 0.05) is 17.5 Å². The Kier molecular flexibility index (Phi) is 5.20. The molecule has 0 saturated carbocycles. The Morgan fingerprint density at radius 2 is 1.87 bits per heavy atom. The van der Waals surface area contributed by atoms with Gasteiger partial charge in [-0.15, -0.1) is 0 Å². The van der Waals surface area contributed by atoms with E-state index in [-0.39, 0.29) is 30.1 Å². The predicted octanol–water partition coefficient (Wildman–Crippen LogP) is 4.99. The molecule has 0 spiro atoms. The summed E-state index contributed by atoms with van der Waals surface area (Å²) in [5.41, 5.74) is 4.11. The summed E-state index contributed by atoms with van der Waals surface area (Å²) in [7, 11) is 0. The van der Waals surface area contributed by atoms with E-state index in [0.717, 1.165) is 22.5 Å². The summed E-state index contributed by atoms with van der Waals surface area (Å²) in [5.74, 6) is -0.479. The molecule has 1 aliphatic rings. The van der Waals surface area contributed by atoms with Gasteiger partial charge < -0.3 is 9.47 Å². The summed E-state index contributed by atoms with van der Waals surface area (Å²) >= 11 is 0. The molecule has 0 radical (unpaired) electrons. The molecule has 5 nitrogen and oxygen atoms in total. The Balaban J connectivity index is 1.57. The first-order valence-electron chi connectivity index (χ1n) is 9.53. The number of aromatic nitrogens is 1. The van der Waals surface area contributed by atoms with Crippen LogP contribution in [0.25, 0.3) is 0 Å². The van der Waals surface area contributed by atoms with Crippen LogP contribution in [0.1, 0.15) is 51.0 Å². The lowest BCUT2D eigenvalue weighted by Gasteiger charge is -2.26. The van der Waals surface area contributed by atoms with Crippen LogP contribution in [0.2, 0.25) is 0 Å². The Labute approximate surface area is 173 Å². The van der Waals surface area contributed by atoms with Crippen LogP contribution >= 0.6 is 0 Å². The fourth-order valence-corrected chi connectivity index (χ4v) is 3.51. The second kappa shape index (κ2) is 7.96. The number of benzene rings is 2. The third kappa shape index (κ3) is 4.01. The number of carbonyl (C=O) groups is 1. The van der Waals surface area contributed by atoms with E-state index < -0.39 is 11.9 Å². The number of ether oxygens (including phenoxy) is 2. The van der Waals surface area contributed by atoms with Gasteiger partial charge in [-0.1, -0.05) is 12.1 Å². The summed E-state index contributed by atoms with van der Waals surface area (Å²) in [6.45, 7) is 3.90. The first-order valence-corrected chi connectivity index (χ1v) is 9.53. The Morgan fingerprint density at radius 3 is 2.53 bits per heavy atom. The number of hydrogen-bond donors (Lipinski definition) is 0. The molecule has 4 rings (SSSR count). The van der Waals surface area contributed by atoms with E-state index in [9.17, 15) is 9.18 Å². The molecular weight excluding hydrogens is 383 g/mol. The lowest BCUT2D eigenvalue weighted by atomic mass is 9.95. The highest BCUT2D eigenvalue weighted by Crippen LogP contribution is 2.38. The summed E-state index contributed by atoms with van der Waals surface area (Å²) < 4.78 is 26.2. The Bertz CT molecular complexity index is 1150. The highest BCUT2D eigenvalue weighted by atomic mass is 19.1. The molecule has 1 aliphatic heterocycles. The second-order valence-electron chi connectivity index (χ2n) is 7.29. The van der Waals surface area contributed by atoms with E-state index >= 15 is 0 Å². The van der Waals surface area contributed by atoms with Crippen molar-refractivity contribution in [1.82, 2.24) is 4.98 Å². The van der Waals surface area contributed by atoms with Crippen molar-refractivity contribution in [2.75, 3.05) is 0 Å². The number of pyridine rings is 1. The number of hydrogen-bond acceptors (Lipinski definition) is 5. The van der Waals surface area contributed by atoms with Gasteiger partial charge in [-0.3, -0.25) is 9.78 Å². The topological polar surface area (TPSA) is 72.2 Å². The van der Waals surface area contributed by atoms with Gasteiger partial charge in [0.05, 0.1) is 23.6 Å². The molecule has 30 heavy (non-hydrogen) atoms. The molecule has 0 N–H and O–H groups in total. The van der Waals surface area contributed by atoms with Crippen molar-refractivity contribution in [3.8, 4) is 17.6 Å². The predicted molar refractivity (Wildman–Crippen MR) is 108 cm³/mol. The number of fused-ring (bicyclic) bond motifs is 1. The molecule has 2 aromatic carbocycles. The van der Waals surface area contributed by atoms with Crippen LogP contribution in [0.3, 0.4) is 0 Å². The molecule has 3 aromatic rings. The van der Waals surface area contributed by atoms with Gasteiger partial charge in [0.25, 0.3) is 0 Å². The molecule has 1 unspecified atom stereocenters. The molecule has 0 bridgehead atoms. The van der Waals surface area contributed by atoms with Crippen molar-refractivity contribution in [2.45, 2.75) is 33.0 Å².